The Morgan fingerprint density at radius 1 is 1.60 bits per heavy atom. The normalized spacial score (nSPS) is 10.7. The number of aromatic nitrogens is 4. The molecule has 0 aliphatic heterocycles. The van der Waals surface area contributed by atoms with Gasteiger partial charge in [0.25, 0.3) is 0 Å². The number of hydrogen-bond donors (Lipinski definition) is 2. The molecule has 0 radical (unpaired) electrons. The van der Waals surface area contributed by atoms with E-state index in [1.807, 2.05) is 12.3 Å². The third-order valence-corrected chi connectivity index (χ3v) is 3.17. The van der Waals surface area contributed by atoms with Crippen LogP contribution >= 0.6 is 23.6 Å². The van der Waals surface area contributed by atoms with Crippen LogP contribution in [0.3, 0.4) is 0 Å². The van der Waals surface area contributed by atoms with Crippen molar-refractivity contribution in [2.45, 2.75) is 19.9 Å². The lowest BCUT2D eigenvalue weighted by atomic mass is 10.3. The summed E-state index contributed by atoms with van der Waals surface area (Å²) in [5.41, 5.74) is 0.798. The van der Waals surface area contributed by atoms with Crippen LogP contribution < -0.4 is 5.69 Å². The molecule has 80 valence electrons. The minimum Gasteiger partial charge on any atom is -0.272 e. The molecule has 2 aromatic heterocycles. The number of aromatic amines is 2. The zero-order valence-electron chi connectivity index (χ0n) is 8.11. The van der Waals surface area contributed by atoms with Gasteiger partial charge in [0.05, 0.1) is 10.7 Å². The van der Waals surface area contributed by atoms with Crippen LogP contribution in [0, 0.1) is 11.7 Å². The van der Waals surface area contributed by atoms with Crippen molar-refractivity contribution in [2.75, 3.05) is 0 Å². The van der Waals surface area contributed by atoms with E-state index in [1.165, 1.54) is 4.57 Å². The fourth-order valence-electron chi connectivity index (χ4n) is 1.29. The molecule has 0 unspecified atom stereocenters. The van der Waals surface area contributed by atoms with Gasteiger partial charge >= 0.3 is 5.69 Å². The first-order valence-electron chi connectivity index (χ1n) is 4.45. The molecule has 5 nitrogen and oxygen atoms in total. The average Bonchev–Trinajstić information content (AvgIpc) is 2.73. The Kier molecular flexibility index (Phi) is 2.83. The van der Waals surface area contributed by atoms with Crippen molar-refractivity contribution < 1.29 is 0 Å². The molecule has 2 aromatic rings. The zero-order valence-corrected chi connectivity index (χ0v) is 9.74. The smallest absolute Gasteiger partial charge is 0.272 e. The number of thiazole rings is 1. The molecule has 0 spiro atoms. The van der Waals surface area contributed by atoms with Gasteiger partial charge < -0.3 is 0 Å². The Balaban J connectivity index is 2.11. The predicted molar refractivity (Wildman–Crippen MR) is 60.8 cm³/mol. The number of nitrogens with zero attached hydrogens (tertiary/aromatic N) is 2. The van der Waals surface area contributed by atoms with Crippen LogP contribution in [0.25, 0.3) is 0 Å². The summed E-state index contributed by atoms with van der Waals surface area (Å²) in [7, 11) is 0. The molecule has 0 saturated carbocycles. The number of H-pyrrole nitrogens is 2. The Hall–Kier alpha value is -1.21. The Morgan fingerprint density at radius 2 is 2.40 bits per heavy atom. The third-order valence-electron chi connectivity index (χ3n) is 2.02. The van der Waals surface area contributed by atoms with Crippen molar-refractivity contribution in [3.05, 3.63) is 31.3 Å². The zero-order chi connectivity index (χ0) is 10.8. The van der Waals surface area contributed by atoms with Gasteiger partial charge in [0.2, 0.25) is 0 Å². The average molecular weight is 242 g/mol. The van der Waals surface area contributed by atoms with E-state index in [1.54, 1.807) is 11.3 Å². The van der Waals surface area contributed by atoms with Crippen LogP contribution in [0.15, 0.2) is 10.2 Å². The van der Waals surface area contributed by atoms with Gasteiger partial charge in [-0.3, -0.25) is 9.67 Å². The highest BCUT2D eigenvalue weighted by Gasteiger charge is 2.02. The van der Waals surface area contributed by atoms with E-state index in [0.717, 1.165) is 17.1 Å². The van der Waals surface area contributed by atoms with Gasteiger partial charge in [0.15, 0.2) is 4.77 Å². The van der Waals surface area contributed by atoms with Crippen LogP contribution in [0.1, 0.15) is 10.7 Å². The van der Waals surface area contributed by atoms with Crippen LogP contribution in [-0.4, -0.2) is 19.7 Å². The van der Waals surface area contributed by atoms with Gasteiger partial charge in [0, 0.05) is 18.3 Å². The molecule has 0 fully saturated rings. The largest absolute Gasteiger partial charge is 0.342 e. The maximum Gasteiger partial charge on any atom is 0.342 e. The van der Waals surface area contributed by atoms with E-state index in [-0.39, 0.29) is 5.69 Å². The van der Waals surface area contributed by atoms with Gasteiger partial charge in [0.1, 0.15) is 0 Å². The molecule has 0 aliphatic carbocycles. The summed E-state index contributed by atoms with van der Waals surface area (Å²) in [4.78, 5) is 15.6. The fourth-order valence-corrected chi connectivity index (χ4v) is 2.16. The molecule has 0 aromatic carbocycles. The van der Waals surface area contributed by atoms with Crippen molar-refractivity contribution in [1.82, 2.24) is 19.7 Å². The summed E-state index contributed by atoms with van der Waals surface area (Å²) in [5.74, 6) is 0. The minimum absolute atomic E-state index is 0.202. The molecule has 15 heavy (non-hydrogen) atoms. The van der Waals surface area contributed by atoms with Crippen molar-refractivity contribution in [1.29, 1.82) is 0 Å². The highest BCUT2D eigenvalue weighted by molar-refractivity contribution is 7.71. The molecule has 2 heterocycles. The standard InChI is InChI=1S/C8H10N4OS2/c1-5-9-6(4-15-5)2-3-12-7(13)10-11-8(12)14/h4H,2-3H2,1H3,(H,10,13)(H,11,14). The SMILES string of the molecule is Cc1nc(CCn2c(=O)[nH][nH]c2=S)cs1. The van der Waals surface area contributed by atoms with E-state index < -0.39 is 0 Å². The first kappa shape index (κ1) is 10.3. The maximum absolute atomic E-state index is 11.3. The summed E-state index contributed by atoms with van der Waals surface area (Å²) in [6.07, 6.45) is 0.722. The summed E-state index contributed by atoms with van der Waals surface area (Å²) < 4.78 is 1.91. The van der Waals surface area contributed by atoms with Crippen LogP contribution in [0.5, 0.6) is 0 Å². The van der Waals surface area contributed by atoms with E-state index in [9.17, 15) is 4.79 Å². The highest BCUT2D eigenvalue weighted by Crippen LogP contribution is 2.08. The van der Waals surface area contributed by atoms with Crippen LogP contribution in [0.2, 0.25) is 0 Å². The van der Waals surface area contributed by atoms with Gasteiger partial charge in [-0.2, -0.15) is 0 Å². The lowest BCUT2D eigenvalue weighted by molar-refractivity contribution is 0.656. The topological polar surface area (TPSA) is 66.5 Å². The molecule has 0 amide bonds. The first-order chi connectivity index (χ1) is 7.16. The van der Waals surface area contributed by atoms with Crippen LogP contribution in [-0.2, 0) is 13.0 Å². The maximum atomic E-state index is 11.3. The van der Waals surface area contributed by atoms with E-state index in [0.29, 0.717) is 11.3 Å². The molecule has 7 heteroatoms. The summed E-state index contributed by atoms with van der Waals surface area (Å²) in [6.45, 7) is 2.52. The second-order valence-electron chi connectivity index (χ2n) is 3.12. The summed E-state index contributed by atoms with van der Waals surface area (Å²) in [6, 6.07) is 0. The van der Waals surface area contributed by atoms with Crippen molar-refractivity contribution in [2.24, 2.45) is 0 Å². The lowest BCUT2D eigenvalue weighted by Gasteiger charge is -1.96. The molecule has 0 bridgehead atoms. The lowest BCUT2D eigenvalue weighted by Crippen LogP contribution is -2.18. The number of rotatable bonds is 3. The van der Waals surface area contributed by atoms with Gasteiger partial charge in [-0.15, -0.1) is 11.3 Å². The van der Waals surface area contributed by atoms with Crippen molar-refractivity contribution in [3.63, 3.8) is 0 Å². The quantitative estimate of drug-likeness (QED) is 0.796. The Bertz CT molecular complexity index is 534. The number of aryl methyl sites for hydroxylation is 2. The highest BCUT2D eigenvalue weighted by atomic mass is 32.1. The molecule has 0 saturated heterocycles. The minimum atomic E-state index is -0.202. The monoisotopic (exact) mass is 242 g/mol. The van der Waals surface area contributed by atoms with E-state index in [2.05, 4.69) is 15.2 Å². The molecule has 0 atom stereocenters. The van der Waals surface area contributed by atoms with Gasteiger partial charge in [-0.05, 0) is 19.1 Å². The van der Waals surface area contributed by atoms with Gasteiger partial charge in [-0.1, -0.05) is 0 Å². The van der Waals surface area contributed by atoms with Crippen LogP contribution in [0.4, 0.5) is 0 Å². The third kappa shape index (κ3) is 2.24. The number of nitrogens with one attached hydrogen (secondary N) is 2. The molecular formula is C8H10N4OS2. The first-order valence-corrected chi connectivity index (χ1v) is 5.74. The summed E-state index contributed by atoms with van der Waals surface area (Å²) >= 11 is 6.56. The predicted octanol–water partition coefficient (Wildman–Crippen LogP) is 1.24. The molecule has 0 aliphatic rings. The molecule has 2 rings (SSSR count). The van der Waals surface area contributed by atoms with Crippen molar-refractivity contribution >= 4 is 23.6 Å². The second-order valence-corrected chi connectivity index (χ2v) is 4.57. The molecule has 2 N–H and O–H groups in total. The second kappa shape index (κ2) is 4.11. The van der Waals surface area contributed by atoms with Crippen molar-refractivity contribution in [3.8, 4) is 0 Å². The van der Waals surface area contributed by atoms with E-state index >= 15 is 0 Å². The Labute approximate surface area is 94.8 Å². The van der Waals surface area contributed by atoms with E-state index in [4.69, 9.17) is 12.2 Å². The molecular weight excluding hydrogens is 232 g/mol. The van der Waals surface area contributed by atoms with Gasteiger partial charge in [-0.25, -0.2) is 14.9 Å². The Morgan fingerprint density at radius 3 is 2.93 bits per heavy atom. The fraction of sp³-hybridized carbons (Fsp3) is 0.375. The number of hydrogen-bond acceptors (Lipinski definition) is 4. The summed E-state index contributed by atoms with van der Waals surface area (Å²) in [5, 5.41) is 8.08.